The number of rotatable bonds is 4. The van der Waals surface area contributed by atoms with Gasteiger partial charge in [-0.25, -0.2) is 4.79 Å². The summed E-state index contributed by atoms with van der Waals surface area (Å²) >= 11 is 3.11. The van der Waals surface area contributed by atoms with Gasteiger partial charge >= 0.3 is 5.97 Å². The third-order valence-corrected chi connectivity index (χ3v) is 2.99. The molecule has 108 valence electrons. The van der Waals surface area contributed by atoms with Gasteiger partial charge in [-0.2, -0.15) is 0 Å². The van der Waals surface area contributed by atoms with Crippen molar-refractivity contribution in [1.82, 2.24) is 5.32 Å². The zero-order valence-electron chi connectivity index (χ0n) is 11.1. The van der Waals surface area contributed by atoms with E-state index in [0.717, 1.165) is 5.56 Å². The smallest absolute Gasteiger partial charge is 0.354 e. The molecule has 0 radical (unpaired) electrons. The predicted molar refractivity (Wildman–Crippen MR) is 80.3 cm³/mol. The highest BCUT2D eigenvalue weighted by Crippen LogP contribution is 2.14. The minimum atomic E-state index is -0.641. The van der Waals surface area contributed by atoms with Crippen molar-refractivity contribution in [2.24, 2.45) is 0 Å². The third-order valence-electron chi connectivity index (χ3n) is 2.56. The van der Waals surface area contributed by atoms with Gasteiger partial charge < -0.3 is 14.5 Å². The molecule has 0 aliphatic rings. The van der Waals surface area contributed by atoms with Gasteiger partial charge in [-0.15, -0.1) is 0 Å². The van der Waals surface area contributed by atoms with Crippen molar-refractivity contribution in [2.45, 2.75) is 0 Å². The summed E-state index contributed by atoms with van der Waals surface area (Å²) in [5.41, 5.74) is 0.792. The summed E-state index contributed by atoms with van der Waals surface area (Å²) in [5.74, 6) is -1.09. The molecular formula is C15H12BrNO4. The van der Waals surface area contributed by atoms with Gasteiger partial charge in [-0.3, -0.25) is 4.79 Å². The standard InChI is InChI=1S/C15H12BrNO4/c1-20-15(19)11(9-10-5-3-2-4-6-10)17-14(18)12-7-8-13(16)21-12/h2-9H,1H3,(H,17,18)/b11-9+. The van der Waals surface area contributed by atoms with Crippen LogP contribution in [0.15, 0.2) is 57.2 Å². The van der Waals surface area contributed by atoms with Gasteiger partial charge in [0, 0.05) is 0 Å². The van der Waals surface area contributed by atoms with Crippen molar-refractivity contribution in [3.8, 4) is 0 Å². The first-order valence-electron chi connectivity index (χ1n) is 6.02. The molecule has 2 rings (SSSR count). The molecule has 1 aromatic carbocycles. The summed E-state index contributed by atoms with van der Waals surface area (Å²) < 4.78 is 10.2. The molecule has 0 atom stereocenters. The maximum atomic E-state index is 12.0. The maximum absolute atomic E-state index is 12.0. The van der Waals surface area contributed by atoms with E-state index in [-0.39, 0.29) is 11.5 Å². The van der Waals surface area contributed by atoms with E-state index in [4.69, 9.17) is 4.42 Å². The molecule has 2 aromatic rings. The Hall–Kier alpha value is -2.34. The molecule has 1 heterocycles. The van der Waals surface area contributed by atoms with E-state index >= 15 is 0 Å². The van der Waals surface area contributed by atoms with E-state index in [0.29, 0.717) is 4.67 Å². The number of benzene rings is 1. The second-order valence-electron chi connectivity index (χ2n) is 4.02. The molecule has 1 aromatic heterocycles. The highest BCUT2D eigenvalue weighted by atomic mass is 79.9. The first kappa shape index (κ1) is 15.1. The third kappa shape index (κ3) is 4.06. The highest BCUT2D eigenvalue weighted by molar-refractivity contribution is 9.10. The molecule has 0 unspecified atom stereocenters. The second-order valence-corrected chi connectivity index (χ2v) is 4.80. The van der Waals surface area contributed by atoms with E-state index in [1.807, 2.05) is 18.2 Å². The van der Waals surface area contributed by atoms with Crippen LogP contribution in [0.5, 0.6) is 0 Å². The molecule has 6 heteroatoms. The summed E-state index contributed by atoms with van der Waals surface area (Å²) in [6.07, 6.45) is 1.53. The number of carbonyl (C=O) groups is 2. The minimum Gasteiger partial charge on any atom is -0.464 e. The van der Waals surface area contributed by atoms with Crippen molar-refractivity contribution in [2.75, 3.05) is 7.11 Å². The number of halogens is 1. The fraction of sp³-hybridized carbons (Fsp3) is 0.0667. The first-order chi connectivity index (χ1) is 10.1. The molecule has 21 heavy (non-hydrogen) atoms. The van der Waals surface area contributed by atoms with Crippen LogP contribution in [0.4, 0.5) is 0 Å². The quantitative estimate of drug-likeness (QED) is 0.680. The fourth-order valence-electron chi connectivity index (χ4n) is 1.59. The number of hydrogen-bond acceptors (Lipinski definition) is 4. The predicted octanol–water partition coefficient (Wildman–Crippen LogP) is 2.99. The largest absolute Gasteiger partial charge is 0.464 e. The topological polar surface area (TPSA) is 68.5 Å². The molecule has 5 nitrogen and oxygen atoms in total. The molecule has 0 saturated carbocycles. The lowest BCUT2D eigenvalue weighted by Gasteiger charge is -2.07. The number of carbonyl (C=O) groups excluding carboxylic acids is 2. The van der Waals surface area contributed by atoms with Crippen LogP contribution in [-0.4, -0.2) is 19.0 Å². The zero-order chi connectivity index (χ0) is 15.2. The summed E-state index contributed by atoms with van der Waals surface area (Å²) in [5, 5.41) is 2.48. The number of furan rings is 1. The summed E-state index contributed by atoms with van der Waals surface area (Å²) in [4.78, 5) is 23.7. The Kier molecular flexibility index (Phi) is 4.94. The fourth-order valence-corrected chi connectivity index (χ4v) is 1.90. The van der Waals surface area contributed by atoms with Crippen molar-refractivity contribution in [3.63, 3.8) is 0 Å². The van der Waals surface area contributed by atoms with Crippen LogP contribution in [0.2, 0.25) is 0 Å². The van der Waals surface area contributed by atoms with E-state index < -0.39 is 11.9 Å². The number of methoxy groups -OCH3 is 1. The number of esters is 1. The van der Waals surface area contributed by atoms with Crippen molar-refractivity contribution in [3.05, 3.63) is 64.2 Å². The summed E-state index contributed by atoms with van der Waals surface area (Å²) in [6.45, 7) is 0. The molecular weight excluding hydrogens is 338 g/mol. The average Bonchev–Trinajstić information content (AvgIpc) is 2.93. The molecule has 0 spiro atoms. The Balaban J connectivity index is 2.23. The lowest BCUT2D eigenvalue weighted by Crippen LogP contribution is -2.27. The molecule has 1 amide bonds. The van der Waals surface area contributed by atoms with Gasteiger partial charge in [0.1, 0.15) is 5.70 Å². The van der Waals surface area contributed by atoms with E-state index in [2.05, 4.69) is 26.0 Å². The molecule has 0 aliphatic carbocycles. The van der Waals surface area contributed by atoms with Crippen LogP contribution < -0.4 is 5.32 Å². The van der Waals surface area contributed by atoms with E-state index in [1.165, 1.54) is 19.3 Å². The molecule has 1 N–H and O–H groups in total. The van der Waals surface area contributed by atoms with Gasteiger partial charge in [0.15, 0.2) is 10.4 Å². The Morgan fingerprint density at radius 1 is 1.19 bits per heavy atom. The van der Waals surface area contributed by atoms with Crippen LogP contribution >= 0.6 is 15.9 Å². The second kappa shape index (κ2) is 6.90. The number of hydrogen-bond donors (Lipinski definition) is 1. The first-order valence-corrected chi connectivity index (χ1v) is 6.81. The average molecular weight is 350 g/mol. The van der Waals surface area contributed by atoms with Crippen molar-refractivity contribution < 1.29 is 18.7 Å². The summed E-state index contributed by atoms with van der Waals surface area (Å²) in [7, 11) is 1.25. The molecule has 0 fully saturated rings. The van der Waals surface area contributed by atoms with E-state index in [1.54, 1.807) is 18.2 Å². The Labute approximate surface area is 129 Å². The van der Waals surface area contributed by atoms with Crippen LogP contribution in [0, 0.1) is 0 Å². The Morgan fingerprint density at radius 3 is 2.48 bits per heavy atom. The van der Waals surface area contributed by atoms with Gasteiger partial charge in [-0.1, -0.05) is 30.3 Å². The lowest BCUT2D eigenvalue weighted by molar-refractivity contribution is -0.136. The lowest BCUT2D eigenvalue weighted by atomic mass is 10.2. The van der Waals surface area contributed by atoms with Gasteiger partial charge in [0.2, 0.25) is 0 Å². The van der Waals surface area contributed by atoms with E-state index in [9.17, 15) is 9.59 Å². The monoisotopic (exact) mass is 349 g/mol. The maximum Gasteiger partial charge on any atom is 0.354 e. The van der Waals surface area contributed by atoms with Crippen LogP contribution in [0.25, 0.3) is 6.08 Å². The van der Waals surface area contributed by atoms with Crippen molar-refractivity contribution in [1.29, 1.82) is 0 Å². The molecule has 0 aliphatic heterocycles. The van der Waals surface area contributed by atoms with Crippen LogP contribution in [-0.2, 0) is 9.53 Å². The zero-order valence-corrected chi connectivity index (χ0v) is 12.7. The minimum absolute atomic E-state index is 0.0289. The molecule has 0 bridgehead atoms. The highest BCUT2D eigenvalue weighted by Gasteiger charge is 2.17. The van der Waals surface area contributed by atoms with Gasteiger partial charge in [-0.05, 0) is 39.7 Å². The number of ether oxygens (including phenoxy) is 1. The van der Waals surface area contributed by atoms with Gasteiger partial charge in [0.05, 0.1) is 7.11 Å². The SMILES string of the molecule is COC(=O)/C(=C\c1ccccc1)NC(=O)c1ccc(Br)o1. The van der Waals surface area contributed by atoms with Gasteiger partial charge in [0.25, 0.3) is 5.91 Å². The number of nitrogens with one attached hydrogen (secondary N) is 1. The summed E-state index contributed by atoms with van der Waals surface area (Å²) in [6, 6.07) is 12.2. The van der Waals surface area contributed by atoms with Crippen molar-refractivity contribution >= 4 is 33.9 Å². The normalized spacial score (nSPS) is 11.0. The number of amides is 1. The molecule has 0 saturated heterocycles. The van der Waals surface area contributed by atoms with Crippen LogP contribution in [0.3, 0.4) is 0 Å². The Bertz CT molecular complexity index is 676. The van der Waals surface area contributed by atoms with Crippen LogP contribution in [0.1, 0.15) is 16.1 Å². The Morgan fingerprint density at radius 2 is 1.90 bits per heavy atom.